The molecule has 4 rings (SSSR count). The molecule has 0 saturated carbocycles. The van der Waals surface area contributed by atoms with Gasteiger partial charge < -0.3 is 9.64 Å². The molecular weight excluding hydrogens is 387 g/mol. The number of morpholine rings is 1. The van der Waals surface area contributed by atoms with Gasteiger partial charge in [-0.3, -0.25) is 9.36 Å². The van der Waals surface area contributed by atoms with Crippen LogP contribution in [0.15, 0.2) is 30.5 Å². The minimum atomic E-state index is -0.246. The van der Waals surface area contributed by atoms with Crippen LogP contribution in [0.5, 0.6) is 0 Å². The lowest BCUT2D eigenvalue weighted by Gasteiger charge is -2.34. The molecule has 2 aromatic heterocycles. The maximum atomic E-state index is 13.2. The van der Waals surface area contributed by atoms with Gasteiger partial charge in [0.05, 0.1) is 35.2 Å². The molecule has 1 aliphatic heterocycles. The van der Waals surface area contributed by atoms with Crippen molar-refractivity contribution < 1.29 is 9.53 Å². The number of fused-ring (bicyclic) bond motifs is 1. The number of rotatable bonds is 2. The first-order valence-corrected chi connectivity index (χ1v) is 9.41. The number of aryl methyl sites for hydroxylation is 1. The molecule has 1 saturated heterocycles. The Labute approximate surface area is 166 Å². The highest BCUT2D eigenvalue weighted by Gasteiger charge is 2.25. The fourth-order valence-electron chi connectivity index (χ4n) is 3.42. The summed E-state index contributed by atoms with van der Waals surface area (Å²) in [5, 5.41) is 1.27. The minimum Gasteiger partial charge on any atom is -0.377 e. The Bertz CT molecular complexity index is 1010. The third kappa shape index (κ3) is 3.18. The van der Waals surface area contributed by atoms with Gasteiger partial charge in [0.1, 0.15) is 5.82 Å². The van der Waals surface area contributed by atoms with Crippen LogP contribution in [0.3, 0.4) is 0 Å². The molecule has 0 bridgehead atoms. The Morgan fingerprint density at radius 1 is 1.26 bits per heavy atom. The number of halogens is 2. The second kappa shape index (κ2) is 7.11. The zero-order valence-corrected chi connectivity index (χ0v) is 16.5. The number of hydrogen-bond acceptors (Lipinski definition) is 5. The molecule has 1 aliphatic rings. The molecule has 0 amide bonds. The van der Waals surface area contributed by atoms with E-state index in [0.29, 0.717) is 41.8 Å². The van der Waals surface area contributed by atoms with Crippen molar-refractivity contribution in [3.8, 4) is 0 Å². The van der Waals surface area contributed by atoms with Crippen molar-refractivity contribution in [2.45, 2.75) is 19.9 Å². The number of carbonyl (C=O) groups is 1. The van der Waals surface area contributed by atoms with Gasteiger partial charge in [-0.15, -0.1) is 0 Å². The number of anilines is 1. The largest absolute Gasteiger partial charge is 0.377 e. The van der Waals surface area contributed by atoms with Crippen molar-refractivity contribution >= 4 is 46.0 Å². The lowest BCUT2D eigenvalue weighted by molar-refractivity contribution is 0.0963. The van der Waals surface area contributed by atoms with Crippen molar-refractivity contribution in [2.75, 3.05) is 24.7 Å². The number of hydrogen-bond donors (Lipinski definition) is 0. The lowest BCUT2D eigenvalue weighted by atomic mass is 10.1. The lowest BCUT2D eigenvalue weighted by Crippen LogP contribution is -2.44. The van der Waals surface area contributed by atoms with Crippen molar-refractivity contribution in [3.63, 3.8) is 0 Å². The molecule has 140 valence electrons. The highest BCUT2D eigenvalue weighted by molar-refractivity contribution is 6.34. The zero-order chi connectivity index (χ0) is 19.1. The SMILES string of the molecule is Cc1cccc(Cl)c1C(=O)n1ccc2c(N3CCOC[C@H]3C)nc(Cl)nc21. The second-order valence-electron chi connectivity index (χ2n) is 6.59. The summed E-state index contributed by atoms with van der Waals surface area (Å²) in [6.07, 6.45) is 1.69. The normalized spacial score (nSPS) is 17.5. The molecular formula is C19H18Cl2N4O2. The standard InChI is InChI=1S/C19H18Cl2N4O2/c1-11-4-3-5-14(20)15(11)18(26)25-7-6-13-16(22-19(21)23-17(13)25)24-8-9-27-10-12(24)2/h3-7,12H,8-10H2,1-2H3/t12-/m1/s1. The van der Waals surface area contributed by atoms with E-state index in [1.165, 1.54) is 4.57 Å². The summed E-state index contributed by atoms with van der Waals surface area (Å²) < 4.78 is 6.99. The number of ether oxygens (including phenoxy) is 1. The van der Waals surface area contributed by atoms with Gasteiger partial charge in [-0.1, -0.05) is 23.7 Å². The topological polar surface area (TPSA) is 60.2 Å². The Kier molecular flexibility index (Phi) is 4.80. The Morgan fingerprint density at radius 3 is 2.81 bits per heavy atom. The van der Waals surface area contributed by atoms with Gasteiger partial charge in [-0.2, -0.15) is 9.97 Å². The van der Waals surface area contributed by atoms with Crippen LogP contribution >= 0.6 is 23.2 Å². The highest BCUT2D eigenvalue weighted by atomic mass is 35.5. The number of aromatic nitrogens is 3. The first-order valence-electron chi connectivity index (χ1n) is 8.66. The van der Waals surface area contributed by atoms with E-state index in [4.69, 9.17) is 27.9 Å². The average molecular weight is 405 g/mol. The van der Waals surface area contributed by atoms with Gasteiger partial charge in [0.15, 0.2) is 5.65 Å². The van der Waals surface area contributed by atoms with Gasteiger partial charge >= 0.3 is 0 Å². The van der Waals surface area contributed by atoms with E-state index in [9.17, 15) is 4.79 Å². The molecule has 1 atom stereocenters. The van der Waals surface area contributed by atoms with Gasteiger partial charge in [-0.25, -0.2) is 0 Å². The molecule has 0 spiro atoms. The highest BCUT2D eigenvalue weighted by Crippen LogP contribution is 2.30. The van der Waals surface area contributed by atoms with Crippen LogP contribution in [0, 0.1) is 6.92 Å². The zero-order valence-electron chi connectivity index (χ0n) is 14.9. The monoisotopic (exact) mass is 404 g/mol. The van der Waals surface area contributed by atoms with Crippen LogP contribution in [-0.4, -0.2) is 46.2 Å². The third-order valence-electron chi connectivity index (χ3n) is 4.79. The smallest absolute Gasteiger partial charge is 0.265 e. The van der Waals surface area contributed by atoms with Crippen LogP contribution in [0.4, 0.5) is 5.82 Å². The molecule has 8 heteroatoms. The van der Waals surface area contributed by atoms with E-state index in [1.807, 2.05) is 25.1 Å². The van der Waals surface area contributed by atoms with Crippen molar-refractivity contribution in [1.29, 1.82) is 0 Å². The van der Waals surface area contributed by atoms with Gasteiger partial charge in [-0.05, 0) is 43.1 Å². The van der Waals surface area contributed by atoms with Crippen LogP contribution in [0.25, 0.3) is 11.0 Å². The maximum absolute atomic E-state index is 13.2. The van der Waals surface area contributed by atoms with E-state index in [-0.39, 0.29) is 17.2 Å². The fraction of sp³-hybridized carbons (Fsp3) is 0.316. The summed E-state index contributed by atoms with van der Waals surface area (Å²) in [5.74, 6) is 0.465. The molecule has 1 aromatic carbocycles. The summed E-state index contributed by atoms with van der Waals surface area (Å²) >= 11 is 12.5. The molecule has 0 unspecified atom stereocenters. The summed E-state index contributed by atoms with van der Waals surface area (Å²) in [6, 6.07) is 7.37. The third-order valence-corrected chi connectivity index (χ3v) is 5.27. The summed E-state index contributed by atoms with van der Waals surface area (Å²) in [7, 11) is 0. The Morgan fingerprint density at radius 2 is 2.07 bits per heavy atom. The van der Waals surface area contributed by atoms with E-state index in [2.05, 4.69) is 21.8 Å². The summed E-state index contributed by atoms with van der Waals surface area (Å²) in [4.78, 5) is 24.0. The quantitative estimate of drug-likeness (QED) is 0.604. The molecule has 3 heterocycles. The van der Waals surface area contributed by atoms with Crippen LogP contribution in [0.1, 0.15) is 22.8 Å². The van der Waals surface area contributed by atoms with E-state index < -0.39 is 0 Å². The molecule has 0 aliphatic carbocycles. The van der Waals surface area contributed by atoms with Gasteiger partial charge in [0.2, 0.25) is 5.28 Å². The molecule has 27 heavy (non-hydrogen) atoms. The minimum absolute atomic E-state index is 0.0971. The van der Waals surface area contributed by atoms with Gasteiger partial charge in [0.25, 0.3) is 5.91 Å². The molecule has 0 radical (unpaired) electrons. The van der Waals surface area contributed by atoms with E-state index in [1.54, 1.807) is 12.3 Å². The Hall–Kier alpha value is -2.15. The average Bonchev–Trinajstić information content (AvgIpc) is 3.05. The first-order chi connectivity index (χ1) is 13.0. The second-order valence-corrected chi connectivity index (χ2v) is 7.34. The summed E-state index contributed by atoms with van der Waals surface area (Å²) in [6.45, 7) is 5.85. The molecule has 1 fully saturated rings. The predicted octanol–water partition coefficient (Wildman–Crippen LogP) is 3.96. The van der Waals surface area contributed by atoms with Crippen LogP contribution in [0.2, 0.25) is 10.3 Å². The number of benzene rings is 1. The van der Waals surface area contributed by atoms with E-state index >= 15 is 0 Å². The van der Waals surface area contributed by atoms with Crippen molar-refractivity contribution in [2.24, 2.45) is 0 Å². The van der Waals surface area contributed by atoms with Crippen molar-refractivity contribution in [3.05, 3.63) is 51.9 Å². The van der Waals surface area contributed by atoms with Crippen molar-refractivity contribution in [1.82, 2.24) is 14.5 Å². The summed E-state index contributed by atoms with van der Waals surface area (Å²) in [5.41, 5.74) is 1.72. The molecule has 0 N–H and O–H groups in total. The predicted molar refractivity (Wildman–Crippen MR) is 106 cm³/mol. The molecule has 6 nitrogen and oxygen atoms in total. The molecule has 3 aromatic rings. The number of carbonyl (C=O) groups excluding carboxylic acids is 1. The fourth-order valence-corrected chi connectivity index (χ4v) is 3.88. The van der Waals surface area contributed by atoms with E-state index in [0.717, 1.165) is 10.9 Å². The van der Waals surface area contributed by atoms with Gasteiger partial charge in [0, 0.05) is 12.7 Å². The van der Waals surface area contributed by atoms with Crippen LogP contribution in [-0.2, 0) is 4.74 Å². The first kappa shape index (κ1) is 18.2. The van der Waals surface area contributed by atoms with Crippen LogP contribution < -0.4 is 4.90 Å². The Balaban J connectivity index is 1.86. The number of nitrogens with zero attached hydrogens (tertiary/aromatic N) is 4. The maximum Gasteiger partial charge on any atom is 0.265 e.